The zero-order chi connectivity index (χ0) is 25.8. The van der Waals surface area contributed by atoms with Crippen LogP contribution in [0.1, 0.15) is 52.6 Å². The number of imide groups is 1. The molecule has 184 valence electrons. The lowest BCUT2D eigenvalue weighted by Crippen LogP contribution is -2.33. The first-order valence-corrected chi connectivity index (χ1v) is 12.1. The third-order valence-electron chi connectivity index (χ3n) is 4.88. The van der Waals surface area contributed by atoms with Crippen molar-refractivity contribution >= 4 is 33.6 Å². The smallest absolute Gasteiger partial charge is 0.294 e. The molecule has 0 fully saturated rings. The van der Waals surface area contributed by atoms with E-state index < -0.39 is 10.1 Å². The number of nitrogens with one attached hydrogen (secondary N) is 1. The number of hydrogen-bond donors (Lipinski definition) is 2. The first kappa shape index (κ1) is 25.9. The van der Waals surface area contributed by atoms with Gasteiger partial charge in [-0.2, -0.15) is 18.4 Å². The summed E-state index contributed by atoms with van der Waals surface area (Å²) in [5.74, 6) is 0.806. The van der Waals surface area contributed by atoms with Crippen molar-refractivity contribution in [3.05, 3.63) is 71.3 Å². The molecular formula is C23H25N5O6S. The van der Waals surface area contributed by atoms with Crippen LogP contribution < -0.4 is 5.32 Å². The maximum absolute atomic E-state index is 11.8. The molecule has 12 heteroatoms. The molecule has 1 aliphatic rings. The normalized spacial score (nSPS) is 13.7. The maximum atomic E-state index is 11.8. The molecular weight excluding hydrogens is 474 g/mol. The number of hydrogen-bond acceptors (Lipinski definition) is 9. The number of amides is 2. The Morgan fingerprint density at radius 2 is 1.46 bits per heavy atom. The monoisotopic (exact) mass is 499 g/mol. The van der Waals surface area contributed by atoms with Crippen molar-refractivity contribution < 1.29 is 27.4 Å². The van der Waals surface area contributed by atoms with Gasteiger partial charge in [-0.05, 0) is 63.6 Å². The number of hydroxylamine groups is 2. The van der Waals surface area contributed by atoms with Gasteiger partial charge in [0, 0.05) is 5.69 Å². The molecule has 1 atom stereocenters. The SMILES string of the molecule is CCC(C)ON1C(=O)c2ccccc2C1=O.Cc1nc(C)nc(Nc2ccc(S(=O)(=O)O)cc2)n1. The molecule has 1 aliphatic heterocycles. The van der Waals surface area contributed by atoms with Crippen molar-refractivity contribution in [2.24, 2.45) is 0 Å². The minimum Gasteiger partial charge on any atom is -0.324 e. The lowest BCUT2D eigenvalue weighted by atomic mass is 10.1. The summed E-state index contributed by atoms with van der Waals surface area (Å²) < 4.78 is 30.6. The molecule has 4 rings (SSSR count). The van der Waals surface area contributed by atoms with Gasteiger partial charge in [-0.15, -0.1) is 5.06 Å². The first-order valence-electron chi connectivity index (χ1n) is 10.7. The molecule has 35 heavy (non-hydrogen) atoms. The van der Waals surface area contributed by atoms with Gasteiger partial charge in [0.25, 0.3) is 21.9 Å². The number of rotatable bonds is 6. The number of carbonyl (C=O) groups excluding carboxylic acids is 2. The van der Waals surface area contributed by atoms with Gasteiger partial charge in [-0.25, -0.2) is 4.98 Å². The Morgan fingerprint density at radius 3 is 1.91 bits per heavy atom. The molecule has 0 radical (unpaired) electrons. The Kier molecular flexibility index (Phi) is 7.89. The average molecular weight is 500 g/mol. The van der Waals surface area contributed by atoms with Gasteiger partial charge in [0.1, 0.15) is 11.6 Å². The largest absolute Gasteiger partial charge is 0.324 e. The van der Waals surface area contributed by atoms with Crippen molar-refractivity contribution in [1.82, 2.24) is 20.0 Å². The van der Waals surface area contributed by atoms with Crippen LogP contribution >= 0.6 is 0 Å². The molecule has 0 saturated carbocycles. The fraction of sp³-hybridized carbons (Fsp3) is 0.261. The predicted octanol–water partition coefficient (Wildman–Crippen LogP) is 3.49. The fourth-order valence-corrected chi connectivity index (χ4v) is 3.51. The van der Waals surface area contributed by atoms with Crippen LogP contribution in [0.15, 0.2) is 53.4 Å². The highest BCUT2D eigenvalue weighted by Crippen LogP contribution is 2.23. The third-order valence-corrected chi connectivity index (χ3v) is 5.75. The van der Waals surface area contributed by atoms with Crippen LogP contribution in [0.4, 0.5) is 11.6 Å². The summed E-state index contributed by atoms with van der Waals surface area (Å²) in [4.78, 5) is 41.1. The lowest BCUT2D eigenvalue weighted by molar-refractivity contribution is -0.126. The van der Waals surface area contributed by atoms with Crippen molar-refractivity contribution in [3.8, 4) is 0 Å². The van der Waals surface area contributed by atoms with E-state index in [1.54, 1.807) is 38.1 Å². The number of anilines is 2. The first-order chi connectivity index (χ1) is 16.5. The van der Waals surface area contributed by atoms with E-state index in [2.05, 4.69) is 20.3 Å². The van der Waals surface area contributed by atoms with E-state index in [-0.39, 0.29) is 22.8 Å². The fourth-order valence-electron chi connectivity index (χ4n) is 3.03. The van der Waals surface area contributed by atoms with E-state index in [9.17, 15) is 18.0 Å². The minimum absolute atomic E-state index is 0.151. The quantitative estimate of drug-likeness (QED) is 0.381. The topological polar surface area (TPSA) is 152 Å². The van der Waals surface area contributed by atoms with Crippen LogP contribution in [-0.2, 0) is 15.0 Å². The Bertz CT molecular complexity index is 1290. The number of aryl methyl sites for hydroxylation is 2. The molecule has 2 amide bonds. The summed E-state index contributed by atoms with van der Waals surface area (Å²) in [6, 6.07) is 12.3. The highest BCUT2D eigenvalue weighted by atomic mass is 32.2. The Hall–Kier alpha value is -3.74. The van der Waals surface area contributed by atoms with Crippen LogP contribution in [-0.4, -0.2) is 50.9 Å². The summed E-state index contributed by atoms with van der Waals surface area (Å²) in [5.41, 5.74) is 1.43. The molecule has 1 unspecified atom stereocenters. The maximum Gasteiger partial charge on any atom is 0.294 e. The molecule has 2 aromatic carbocycles. The zero-order valence-corrected chi connectivity index (χ0v) is 20.4. The van der Waals surface area contributed by atoms with E-state index in [4.69, 9.17) is 9.39 Å². The summed E-state index contributed by atoms with van der Waals surface area (Å²) >= 11 is 0. The molecule has 3 aromatic rings. The molecule has 0 aliphatic carbocycles. The summed E-state index contributed by atoms with van der Waals surface area (Å²) in [6.45, 7) is 7.26. The number of nitrogens with zero attached hydrogens (tertiary/aromatic N) is 4. The van der Waals surface area contributed by atoms with Gasteiger partial charge in [-0.3, -0.25) is 19.0 Å². The second-order valence-electron chi connectivity index (χ2n) is 7.65. The number of benzene rings is 2. The molecule has 2 N–H and O–H groups in total. The second kappa shape index (κ2) is 10.7. The Morgan fingerprint density at radius 1 is 0.943 bits per heavy atom. The standard InChI is InChI=1S/C12H13NO3.C11H12N4O3S/c1-3-8(2)16-13-11(14)9-6-4-5-7-10(9)12(13)15;1-7-12-8(2)14-11(13-7)15-9-3-5-10(6-4-9)19(16,17)18/h4-8H,3H2,1-2H3;3-6H,1-2H3,(H,16,17,18)(H,12,13,14,15). The third kappa shape index (κ3) is 6.44. The van der Waals surface area contributed by atoms with Crippen LogP contribution in [0.2, 0.25) is 0 Å². The highest BCUT2D eigenvalue weighted by Gasteiger charge is 2.37. The molecule has 0 spiro atoms. The number of aromatic nitrogens is 3. The lowest BCUT2D eigenvalue weighted by Gasteiger charge is -2.17. The summed E-state index contributed by atoms with van der Waals surface area (Å²) in [7, 11) is -4.17. The Balaban J connectivity index is 0.000000198. The van der Waals surface area contributed by atoms with Crippen molar-refractivity contribution in [1.29, 1.82) is 0 Å². The molecule has 0 bridgehead atoms. The summed E-state index contributed by atoms with van der Waals surface area (Å²) in [5, 5.41) is 3.79. The van der Waals surface area contributed by atoms with Crippen LogP contribution in [0.25, 0.3) is 0 Å². The number of carbonyl (C=O) groups is 2. The van der Waals surface area contributed by atoms with Crippen molar-refractivity contribution in [2.45, 2.75) is 45.1 Å². The molecule has 1 aromatic heterocycles. The Labute approximate surface area is 202 Å². The van der Waals surface area contributed by atoms with E-state index in [0.717, 1.165) is 11.5 Å². The predicted molar refractivity (Wildman–Crippen MR) is 127 cm³/mol. The van der Waals surface area contributed by atoms with Crippen LogP contribution in [0, 0.1) is 13.8 Å². The van der Waals surface area contributed by atoms with E-state index in [0.29, 0.717) is 34.4 Å². The van der Waals surface area contributed by atoms with Gasteiger partial charge in [-0.1, -0.05) is 19.1 Å². The minimum atomic E-state index is -4.17. The highest BCUT2D eigenvalue weighted by molar-refractivity contribution is 7.85. The number of fused-ring (bicyclic) bond motifs is 1. The van der Waals surface area contributed by atoms with Gasteiger partial charge in [0.15, 0.2) is 0 Å². The van der Waals surface area contributed by atoms with Gasteiger partial charge in [0.2, 0.25) is 5.95 Å². The molecule has 0 saturated heterocycles. The van der Waals surface area contributed by atoms with Gasteiger partial charge < -0.3 is 5.32 Å². The van der Waals surface area contributed by atoms with Crippen LogP contribution in [0.5, 0.6) is 0 Å². The van der Waals surface area contributed by atoms with Crippen molar-refractivity contribution in [3.63, 3.8) is 0 Å². The average Bonchev–Trinajstić information content (AvgIpc) is 3.03. The second-order valence-corrected chi connectivity index (χ2v) is 9.07. The molecule has 11 nitrogen and oxygen atoms in total. The van der Waals surface area contributed by atoms with Crippen molar-refractivity contribution in [2.75, 3.05) is 5.32 Å². The molecule has 2 heterocycles. The summed E-state index contributed by atoms with van der Waals surface area (Å²) in [6.07, 6.45) is 0.593. The van der Waals surface area contributed by atoms with Crippen LogP contribution in [0.3, 0.4) is 0 Å². The van der Waals surface area contributed by atoms with E-state index >= 15 is 0 Å². The van der Waals surface area contributed by atoms with Gasteiger partial charge >= 0.3 is 0 Å². The van der Waals surface area contributed by atoms with E-state index in [1.807, 2.05) is 13.8 Å². The van der Waals surface area contributed by atoms with E-state index in [1.165, 1.54) is 24.3 Å². The zero-order valence-electron chi connectivity index (χ0n) is 19.6. The van der Waals surface area contributed by atoms with Gasteiger partial charge in [0.05, 0.1) is 22.1 Å².